The highest BCUT2D eigenvalue weighted by Crippen LogP contribution is 2.33. The van der Waals surface area contributed by atoms with Gasteiger partial charge in [0.25, 0.3) is 0 Å². The Kier molecular flexibility index (Phi) is 6.26. The molecule has 152 valence electrons. The molecule has 1 heterocycles. The Balaban J connectivity index is 1.75. The van der Waals surface area contributed by atoms with E-state index in [0.717, 1.165) is 38.6 Å². The molecule has 4 aromatic rings. The van der Waals surface area contributed by atoms with Crippen LogP contribution in [0.4, 0.5) is 0 Å². The Morgan fingerprint density at radius 3 is 2.17 bits per heavy atom. The molecule has 0 aliphatic rings. The molecule has 0 saturated carbocycles. The van der Waals surface area contributed by atoms with E-state index in [-0.39, 0.29) is 0 Å². The highest BCUT2D eigenvalue weighted by atomic mass is 35.5. The Bertz CT molecular complexity index is 1110. The van der Waals surface area contributed by atoms with Crippen molar-refractivity contribution in [3.8, 4) is 28.6 Å². The molecular formula is C23H20ClN3O2S. The predicted octanol–water partition coefficient (Wildman–Crippen LogP) is 5.90. The molecule has 3 aromatic carbocycles. The number of para-hydroxylation sites is 1. The van der Waals surface area contributed by atoms with Gasteiger partial charge in [0.2, 0.25) is 0 Å². The number of thioether (sulfide) groups is 1. The number of methoxy groups -OCH3 is 2. The topological polar surface area (TPSA) is 49.2 Å². The minimum atomic E-state index is 0.697. The molecule has 1 aromatic heterocycles. The first-order valence-corrected chi connectivity index (χ1v) is 10.7. The van der Waals surface area contributed by atoms with E-state index < -0.39 is 0 Å². The fourth-order valence-corrected chi connectivity index (χ4v) is 4.06. The van der Waals surface area contributed by atoms with Gasteiger partial charge in [-0.25, -0.2) is 0 Å². The minimum Gasteiger partial charge on any atom is -0.497 e. The van der Waals surface area contributed by atoms with Crippen LogP contribution in [-0.2, 0) is 5.75 Å². The molecule has 4 rings (SSSR count). The zero-order chi connectivity index (χ0) is 20.9. The minimum absolute atomic E-state index is 0.697. The Labute approximate surface area is 184 Å². The fraction of sp³-hybridized carbons (Fsp3) is 0.130. The number of hydrogen-bond acceptors (Lipinski definition) is 5. The third-order valence-corrected chi connectivity index (χ3v) is 5.79. The number of aromatic nitrogens is 3. The quantitative estimate of drug-likeness (QED) is 0.337. The summed E-state index contributed by atoms with van der Waals surface area (Å²) in [5.74, 6) is 2.87. The highest BCUT2D eigenvalue weighted by Gasteiger charge is 2.18. The standard InChI is InChI=1S/C23H20ClN3O2S/c1-28-20-12-17(13-21(14-20)29-2)22-25-26-23(27(22)19-6-4-3-5-7-19)30-15-16-8-10-18(24)11-9-16/h3-14H,15H2,1-2H3. The van der Waals surface area contributed by atoms with Crippen LogP contribution in [-0.4, -0.2) is 29.0 Å². The number of benzene rings is 3. The van der Waals surface area contributed by atoms with Crippen molar-refractivity contribution in [3.63, 3.8) is 0 Å². The molecular weight excluding hydrogens is 418 g/mol. The van der Waals surface area contributed by atoms with Crippen LogP contribution in [0.2, 0.25) is 5.02 Å². The van der Waals surface area contributed by atoms with Crippen molar-refractivity contribution in [1.82, 2.24) is 14.8 Å². The van der Waals surface area contributed by atoms with Crippen LogP contribution in [0.25, 0.3) is 17.1 Å². The van der Waals surface area contributed by atoms with E-state index in [4.69, 9.17) is 21.1 Å². The smallest absolute Gasteiger partial charge is 0.196 e. The third-order valence-electron chi connectivity index (χ3n) is 4.54. The van der Waals surface area contributed by atoms with Crippen molar-refractivity contribution in [3.05, 3.63) is 83.4 Å². The lowest BCUT2D eigenvalue weighted by molar-refractivity contribution is 0.394. The number of nitrogens with zero attached hydrogens (tertiary/aromatic N) is 3. The third kappa shape index (κ3) is 4.45. The van der Waals surface area contributed by atoms with E-state index in [9.17, 15) is 0 Å². The van der Waals surface area contributed by atoms with Gasteiger partial charge in [-0.3, -0.25) is 4.57 Å². The molecule has 0 unspecified atom stereocenters. The van der Waals surface area contributed by atoms with Gasteiger partial charge in [0.05, 0.1) is 14.2 Å². The van der Waals surface area contributed by atoms with E-state index in [1.807, 2.05) is 72.8 Å². The van der Waals surface area contributed by atoms with Crippen LogP contribution in [0.5, 0.6) is 11.5 Å². The molecule has 0 fully saturated rings. The number of hydrogen-bond donors (Lipinski definition) is 0. The SMILES string of the molecule is COc1cc(OC)cc(-c2nnc(SCc3ccc(Cl)cc3)n2-c2ccccc2)c1. The lowest BCUT2D eigenvalue weighted by atomic mass is 10.2. The molecule has 0 aliphatic heterocycles. The maximum Gasteiger partial charge on any atom is 0.196 e. The van der Waals surface area contributed by atoms with Crippen LogP contribution >= 0.6 is 23.4 Å². The first-order valence-electron chi connectivity index (χ1n) is 9.29. The normalized spacial score (nSPS) is 10.8. The molecule has 5 nitrogen and oxygen atoms in total. The summed E-state index contributed by atoms with van der Waals surface area (Å²) in [5.41, 5.74) is 3.01. The van der Waals surface area contributed by atoms with Gasteiger partial charge < -0.3 is 9.47 Å². The van der Waals surface area contributed by atoms with Gasteiger partial charge in [-0.2, -0.15) is 0 Å². The molecule has 0 bridgehead atoms. The second-order valence-corrected chi connectivity index (χ2v) is 7.87. The molecule has 0 aliphatic carbocycles. The van der Waals surface area contributed by atoms with Crippen LogP contribution in [0.15, 0.2) is 78.0 Å². The molecule has 0 atom stereocenters. The average Bonchev–Trinajstić information content (AvgIpc) is 3.23. The van der Waals surface area contributed by atoms with Crippen molar-refractivity contribution in [2.45, 2.75) is 10.9 Å². The van der Waals surface area contributed by atoms with Gasteiger partial charge in [0.1, 0.15) is 11.5 Å². The maximum atomic E-state index is 6.00. The van der Waals surface area contributed by atoms with E-state index >= 15 is 0 Å². The van der Waals surface area contributed by atoms with Crippen molar-refractivity contribution in [2.75, 3.05) is 14.2 Å². The maximum absolute atomic E-state index is 6.00. The van der Waals surface area contributed by atoms with Crippen LogP contribution in [0, 0.1) is 0 Å². The molecule has 0 N–H and O–H groups in total. The highest BCUT2D eigenvalue weighted by molar-refractivity contribution is 7.98. The Morgan fingerprint density at radius 2 is 1.53 bits per heavy atom. The lowest BCUT2D eigenvalue weighted by Crippen LogP contribution is -2.00. The van der Waals surface area contributed by atoms with E-state index in [0.29, 0.717) is 11.5 Å². The van der Waals surface area contributed by atoms with Gasteiger partial charge >= 0.3 is 0 Å². The number of rotatable bonds is 7. The summed E-state index contributed by atoms with van der Waals surface area (Å²) in [5, 5.41) is 10.5. The zero-order valence-corrected chi connectivity index (χ0v) is 18.2. The van der Waals surface area contributed by atoms with Gasteiger partial charge in [-0.1, -0.05) is 53.7 Å². The first-order chi connectivity index (χ1) is 14.7. The average molecular weight is 438 g/mol. The second-order valence-electron chi connectivity index (χ2n) is 6.49. The van der Waals surface area contributed by atoms with E-state index in [1.165, 1.54) is 0 Å². The number of ether oxygens (including phenoxy) is 2. The van der Waals surface area contributed by atoms with Crippen LogP contribution in [0.1, 0.15) is 5.56 Å². The van der Waals surface area contributed by atoms with E-state index in [2.05, 4.69) is 14.8 Å². The van der Waals surface area contributed by atoms with Crippen molar-refractivity contribution >= 4 is 23.4 Å². The van der Waals surface area contributed by atoms with Crippen molar-refractivity contribution < 1.29 is 9.47 Å². The monoisotopic (exact) mass is 437 g/mol. The summed E-state index contributed by atoms with van der Waals surface area (Å²) in [4.78, 5) is 0. The molecule has 0 radical (unpaired) electrons. The Hall–Kier alpha value is -2.96. The van der Waals surface area contributed by atoms with Gasteiger partial charge in [0, 0.05) is 28.1 Å². The summed E-state index contributed by atoms with van der Waals surface area (Å²) < 4.78 is 12.9. The summed E-state index contributed by atoms with van der Waals surface area (Å²) >= 11 is 7.62. The second kappa shape index (κ2) is 9.24. The predicted molar refractivity (Wildman–Crippen MR) is 121 cm³/mol. The largest absolute Gasteiger partial charge is 0.497 e. The van der Waals surface area contributed by atoms with Crippen molar-refractivity contribution in [2.24, 2.45) is 0 Å². The molecule has 30 heavy (non-hydrogen) atoms. The first kappa shape index (κ1) is 20.3. The molecule has 0 saturated heterocycles. The lowest BCUT2D eigenvalue weighted by Gasteiger charge is -2.12. The summed E-state index contributed by atoms with van der Waals surface area (Å²) in [6.45, 7) is 0. The van der Waals surface area contributed by atoms with Crippen LogP contribution < -0.4 is 9.47 Å². The van der Waals surface area contributed by atoms with Gasteiger partial charge in [0.15, 0.2) is 11.0 Å². The van der Waals surface area contributed by atoms with Gasteiger partial charge in [-0.05, 0) is 42.0 Å². The summed E-state index contributed by atoms with van der Waals surface area (Å²) in [6, 6.07) is 23.6. The van der Waals surface area contributed by atoms with E-state index in [1.54, 1.807) is 26.0 Å². The van der Waals surface area contributed by atoms with Crippen molar-refractivity contribution in [1.29, 1.82) is 0 Å². The van der Waals surface area contributed by atoms with Gasteiger partial charge in [-0.15, -0.1) is 10.2 Å². The molecule has 0 amide bonds. The summed E-state index contributed by atoms with van der Waals surface area (Å²) in [6.07, 6.45) is 0. The van der Waals surface area contributed by atoms with Crippen LogP contribution in [0.3, 0.4) is 0 Å². The number of halogens is 1. The zero-order valence-electron chi connectivity index (χ0n) is 16.6. The molecule has 0 spiro atoms. The molecule has 7 heteroatoms. The summed E-state index contributed by atoms with van der Waals surface area (Å²) in [7, 11) is 3.27. The Morgan fingerprint density at radius 1 is 0.867 bits per heavy atom. The fourth-order valence-electron chi connectivity index (χ4n) is 3.03.